The maximum atomic E-state index is 12.6. The number of nitrogens with zero attached hydrogens (tertiary/aromatic N) is 2. The smallest absolute Gasteiger partial charge is 0.233 e. The fourth-order valence-corrected chi connectivity index (χ4v) is 4.60. The minimum atomic E-state index is -0.213. The van der Waals surface area contributed by atoms with E-state index in [0.29, 0.717) is 25.8 Å². The molecule has 0 radical (unpaired) electrons. The summed E-state index contributed by atoms with van der Waals surface area (Å²) in [5, 5.41) is 12.2. The average molecular weight is 369 g/mol. The fraction of sp³-hybridized carbons (Fsp3) is 0.500. The van der Waals surface area contributed by atoms with E-state index in [4.69, 9.17) is 0 Å². The van der Waals surface area contributed by atoms with Gasteiger partial charge in [-0.1, -0.05) is 18.6 Å². The molecule has 2 heterocycles. The minimum absolute atomic E-state index is 0.00906. The number of anilines is 1. The quantitative estimate of drug-likeness (QED) is 0.436. The summed E-state index contributed by atoms with van der Waals surface area (Å²) in [5.41, 5.74) is 0. The van der Waals surface area contributed by atoms with Gasteiger partial charge in [0, 0.05) is 19.2 Å². The zero-order valence-electron chi connectivity index (χ0n) is 15.0. The van der Waals surface area contributed by atoms with Crippen LogP contribution in [0.5, 0.6) is 5.75 Å². The third-order valence-corrected chi connectivity index (χ3v) is 5.89. The molecule has 7 nitrogen and oxygen atoms in total. The molecule has 1 aromatic heterocycles. The number of hydrogen-bond donors (Lipinski definition) is 2. The van der Waals surface area contributed by atoms with E-state index < -0.39 is 0 Å². The number of rotatable bonds is 7. The van der Waals surface area contributed by atoms with Gasteiger partial charge in [-0.3, -0.25) is 19.3 Å². The number of amides is 3. The van der Waals surface area contributed by atoms with Crippen molar-refractivity contribution in [3.8, 4) is 5.75 Å². The first-order chi connectivity index (χ1) is 13.1. The summed E-state index contributed by atoms with van der Waals surface area (Å²) in [6, 6.07) is 3.05. The van der Waals surface area contributed by atoms with Crippen LogP contribution in [0.3, 0.4) is 0 Å². The highest BCUT2D eigenvalue weighted by Crippen LogP contribution is 2.52. The number of imide groups is 1. The third kappa shape index (κ3) is 3.22. The maximum Gasteiger partial charge on any atom is 0.233 e. The molecule has 1 saturated heterocycles. The number of likely N-dealkylation sites (tertiary alicyclic amines) is 1. The Balaban J connectivity index is 1.19. The van der Waals surface area contributed by atoms with Gasteiger partial charge in [0.15, 0.2) is 11.6 Å². The number of nitrogens with one attached hydrogen (secondary N) is 1. The van der Waals surface area contributed by atoms with Gasteiger partial charge in [-0.2, -0.15) is 0 Å². The van der Waals surface area contributed by atoms with Crippen LogP contribution in [0.15, 0.2) is 30.5 Å². The molecule has 1 aliphatic heterocycles. The minimum Gasteiger partial charge on any atom is -0.504 e. The van der Waals surface area contributed by atoms with Gasteiger partial charge in [0.05, 0.1) is 11.8 Å². The molecule has 27 heavy (non-hydrogen) atoms. The van der Waals surface area contributed by atoms with Gasteiger partial charge in [-0.25, -0.2) is 4.98 Å². The molecule has 0 aromatic carbocycles. The van der Waals surface area contributed by atoms with Gasteiger partial charge < -0.3 is 10.4 Å². The van der Waals surface area contributed by atoms with E-state index in [-0.39, 0.29) is 53.0 Å². The lowest BCUT2D eigenvalue weighted by Crippen LogP contribution is -2.33. The molecule has 4 rings (SSSR count). The number of aromatic hydroxyl groups is 1. The Kier molecular flexibility index (Phi) is 4.68. The lowest BCUT2D eigenvalue weighted by molar-refractivity contribution is -0.140. The van der Waals surface area contributed by atoms with Crippen molar-refractivity contribution in [2.75, 3.05) is 11.9 Å². The van der Waals surface area contributed by atoms with Crippen LogP contribution in [0.4, 0.5) is 5.82 Å². The first-order valence-electron chi connectivity index (χ1n) is 9.53. The number of unbranched alkanes of at least 4 members (excludes halogenated alkanes) is 2. The van der Waals surface area contributed by atoms with E-state index >= 15 is 0 Å². The number of hydrogen-bond acceptors (Lipinski definition) is 5. The first-order valence-corrected chi connectivity index (χ1v) is 9.53. The predicted octanol–water partition coefficient (Wildman–Crippen LogP) is 2.09. The summed E-state index contributed by atoms with van der Waals surface area (Å²) in [7, 11) is 0. The number of carbonyl (C=O) groups is 3. The molecule has 3 aliphatic rings. The van der Waals surface area contributed by atoms with Crippen molar-refractivity contribution in [1.29, 1.82) is 0 Å². The van der Waals surface area contributed by atoms with Crippen molar-refractivity contribution in [2.45, 2.75) is 32.1 Å². The highest BCUT2D eigenvalue weighted by molar-refractivity contribution is 6.06. The maximum absolute atomic E-state index is 12.6. The second-order valence-electron chi connectivity index (χ2n) is 7.56. The van der Waals surface area contributed by atoms with Crippen LogP contribution in [0.25, 0.3) is 0 Å². The summed E-state index contributed by atoms with van der Waals surface area (Å²) in [5.74, 6) is 0.0800. The van der Waals surface area contributed by atoms with Crippen molar-refractivity contribution in [1.82, 2.24) is 9.88 Å². The Morgan fingerprint density at radius 3 is 2.52 bits per heavy atom. The van der Waals surface area contributed by atoms with E-state index in [2.05, 4.69) is 22.5 Å². The normalized spacial score (nSPS) is 28.1. The van der Waals surface area contributed by atoms with Crippen LogP contribution in [-0.2, 0) is 14.4 Å². The molecule has 2 fully saturated rings. The summed E-state index contributed by atoms with van der Waals surface area (Å²) >= 11 is 0. The zero-order valence-corrected chi connectivity index (χ0v) is 15.0. The van der Waals surface area contributed by atoms with Gasteiger partial charge in [0.1, 0.15) is 0 Å². The van der Waals surface area contributed by atoms with E-state index in [1.165, 1.54) is 17.2 Å². The molecule has 2 aliphatic carbocycles. The van der Waals surface area contributed by atoms with Gasteiger partial charge in [-0.05, 0) is 43.2 Å². The first kappa shape index (κ1) is 17.7. The van der Waals surface area contributed by atoms with Crippen molar-refractivity contribution >= 4 is 23.5 Å². The lowest BCUT2D eigenvalue weighted by Gasteiger charge is -2.17. The second kappa shape index (κ2) is 7.13. The monoisotopic (exact) mass is 369 g/mol. The molecule has 4 unspecified atom stereocenters. The Morgan fingerprint density at radius 1 is 1.15 bits per heavy atom. The summed E-state index contributed by atoms with van der Waals surface area (Å²) in [4.78, 5) is 42.4. The van der Waals surface area contributed by atoms with Crippen LogP contribution in [0, 0.1) is 23.7 Å². The highest BCUT2D eigenvalue weighted by Gasteiger charge is 2.58. The van der Waals surface area contributed by atoms with Crippen LogP contribution in [-0.4, -0.2) is 39.3 Å². The van der Waals surface area contributed by atoms with E-state index in [1.807, 2.05) is 0 Å². The average Bonchev–Trinajstić information content (AvgIpc) is 3.32. The Labute approximate surface area is 157 Å². The van der Waals surface area contributed by atoms with Gasteiger partial charge in [0.2, 0.25) is 17.7 Å². The summed E-state index contributed by atoms with van der Waals surface area (Å²) in [6.45, 7) is 0.437. The highest BCUT2D eigenvalue weighted by atomic mass is 16.3. The summed E-state index contributed by atoms with van der Waals surface area (Å²) < 4.78 is 0. The molecule has 142 valence electrons. The van der Waals surface area contributed by atoms with Gasteiger partial charge in [-0.15, -0.1) is 0 Å². The molecule has 4 atom stereocenters. The Morgan fingerprint density at radius 2 is 1.85 bits per heavy atom. The van der Waals surface area contributed by atoms with Crippen molar-refractivity contribution in [3.05, 3.63) is 30.5 Å². The Hall–Kier alpha value is -2.70. The molecule has 3 amide bonds. The number of fused-ring (bicyclic) bond motifs is 5. The topological polar surface area (TPSA) is 99.6 Å². The van der Waals surface area contributed by atoms with Crippen molar-refractivity contribution in [3.63, 3.8) is 0 Å². The van der Waals surface area contributed by atoms with Crippen LogP contribution < -0.4 is 5.32 Å². The fourth-order valence-electron chi connectivity index (χ4n) is 4.60. The zero-order chi connectivity index (χ0) is 19.0. The van der Waals surface area contributed by atoms with E-state index in [0.717, 1.165) is 12.8 Å². The largest absolute Gasteiger partial charge is 0.504 e. The van der Waals surface area contributed by atoms with Crippen LogP contribution in [0.2, 0.25) is 0 Å². The van der Waals surface area contributed by atoms with E-state index in [9.17, 15) is 19.5 Å². The van der Waals surface area contributed by atoms with Gasteiger partial charge >= 0.3 is 0 Å². The van der Waals surface area contributed by atoms with Gasteiger partial charge in [0.25, 0.3) is 0 Å². The van der Waals surface area contributed by atoms with Crippen LogP contribution in [0.1, 0.15) is 32.1 Å². The number of aromatic nitrogens is 1. The standard InChI is InChI=1S/C20H23N3O4/c24-14-5-4-9-21-18(14)22-15(25)6-2-1-3-10-23-19(26)16-12-7-8-13(11-12)17(16)20(23)27/h4-5,7-9,12-13,16-17,24H,1-3,6,10-11H2,(H,21,22,25). The lowest BCUT2D eigenvalue weighted by atomic mass is 9.85. The van der Waals surface area contributed by atoms with Crippen molar-refractivity contribution < 1.29 is 19.5 Å². The summed E-state index contributed by atoms with van der Waals surface area (Å²) in [6.07, 6.45) is 9.03. The predicted molar refractivity (Wildman–Crippen MR) is 97.4 cm³/mol. The number of carbonyl (C=O) groups excluding carboxylic acids is 3. The van der Waals surface area contributed by atoms with Crippen LogP contribution >= 0.6 is 0 Å². The van der Waals surface area contributed by atoms with E-state index in [1.54, 1.807) is 6.07 Å². The van der Waals surface area contributed by atoms with Crippen molar-refractivity contribution in [2.24, 2.45) is 23.7 Å². The number of pyridine rings is 1. The molecule has 2 bridgehead atoms. The molecule has 1 saturated carbocycles. The third-order valence-electron chi connectivity index (χ3n) is 5.89. The molecular formula is C20H23N3O4. The number of allylic oxidation sites excluding steroid dienone is 2. The molecule has 2 N–H and O–H groups in total. The molecule has 7 heteroatoms. The Bertz CT molecular complexity index is 776. The molecular weight excluding hydrogens is 346 g/mol. The second-order valence-corrected chi connectivity index (χ2v) is 7.56. The SMILES string of the molecule is O=C(CCCCCN1C(=O)C2C3C=CC(C3)C2C1=O)Nc1ncccc1O. The molecule has 0 spiro atoms. The molecule has 1 aromatic rings.